The number of ether oxygens (including phenoxy) is 2. The summed E-state index contributed by atoms with van der Waals surface area (Å²) in [5.41, 5.74) is 1.93. The zero-order valence-electron chi connectivity index (χ0n) is 9.69. The van der Waals surface area contributed by atoms with Gasteiger partial charge in [-0.2, -0.15) is 5.26 Å². The summed E-state index contributed by atoms with van der Waals surface area (Å²) in [6, 6.07) is 10.7. The molecular weight excluding hydrogens is 214 g/mol. The van der Waals surface area contributed by atoms with Crippen LogP contribution in [0.2, 0.25) is 0 Å². The van der Waals surface area contributed by atoms with Gasteiger partial charge in [0, 0.05) is 6.61 Å². The summed E-state index contributed by atoms with van der Waals surface area (Å²) < 4.78 is 11.4. The molecule has 88 valence electrons. The highest BCUT2D eigenvalue weighted by Crippen LogP contribution is 2.38. The standard InChI is InChI=1S/C14H15NO2/c15-9-14-7-11-3-1-2-4-12(11)8-17-13(14)5-6-16-10-14/h1-4,13H,5-8,10H2/t13-,14+/m1/s1. The van der Waals surface area contributed by atoms with Crippen molar-refractivity contribution in [3.8, 4) is 6.07 Å². The first kappa shape index (κ1) is 10.8. The second-order valence-corrected chi connectivity index (χ2v) is 4.85. The second-order valence-electron chi connectivity index (χ2n) is 4.85. The SMILES string of the molecule is N#C[C@@]12COCC[C@H]1OCc1ccccc1C2. The largest absolute Gasteiger partial charge is 0.380 e. The van der Waals surface area contributed by atoms with Crippen molar-refractivity contribution in [1.82, 2.24) is 0 Å². The average Bonchev–Trinajstić information content (AvgIpc) is 2.55. The molecule has 17 heavy (non-hydrogen) atoms. The first-order valence-corrected chi connectivity index (χ1v) is 6.01. The Morgan fingerprint density at radius 3 is 2.94 bits per heavy atom. The summed E-state index contributed by atoms with van der Waals surface area (Å²) in [6.45, 7) is 1.80. The van der Waals surface area contributed by atoms with E-state index >= 15 is 0 Å². The highest BCUT2D eigenvalue weighted by atomic mass is 16.5. The molecule has 3 heteroatoms. The quantitative estimate of drug-likeness (QED) is 0.683. The fourth-order valence-corrected chi connectivity index (χ4v) is 2.77. The maximum atomic E-state index is 9.52. The van der Waals surface area contributed by atoms with Crippen molar-refractivity contribution >= 4 is 0 Å². The molecule has 0 aliphatic carbocycles. The molecule has 1 aromatic rings. The molecule has 2 atom stereocenters. The molecule has 0 bridgehead atoms. The minimum atomic E-state index is -0.495. The zero-order chi connectivity index (χ0) is 11.7. The van der Waals surface area contributed by atoms with E-state index in [1.807, 2.05) is 12.1 Å². The van der Waals surface area contributed by atoms with E-state index < -0.39 is 5.41 Å². The lowest BCUT2D eigenvalue weighted by Gasteiger charge is -2.36. The van der Waals surface area contributed by atoms with Gasteiger partial charge in [0.25, 0.3) is 0 Å². The molecular formula is C14H15NO2. The zero-order valence-corrected chi connectivity index (χ0v) is 9.69. The molecule has 1 saturated heterocycles. The van der Waals surface area contributed by atoms with Gasteiger partial charge in [0.1, 0.15) is 5.41 Å². The normalized spacial score (nSPS) is 31.8. The van der Waals surface area contributed by atoms with Crippen LogP contribution in [0.3, 0.4) is 0 Å². The number of benzene rings is 1. The van der Waals surface area contributed by atoms with Crippen LogP contribution in [-0.4, -0.2) is 19.3 Å². The van der Waals surface area contributed by atoms with Gasteiger partial charge in [0.15, 0.2) is 0 Å². The number of rotatable bonds is 0. The maximum absolute atomic E-state index is 9.52. The van der Waals surface area contributed by atoms with Gasteiger partial charge in [-0.05, 0) is 24.0 Å². The first-order valence-electron chi connectivity index (χ1n) is 6.01. The molecule has 2 heterocycles. The number of nitrogens with zero attached hydrogens (tertiary/aromatic N) is 1. The molecule has 1 fully saturated rings. The molecule has 3 rings (SSSR count). The van der Waals surface area contributed by atoms with Crippen LogP contribution < -0.4 is 0 Å². The molecule has 0 amide bonds. The molecule has 0 saturated carbocycles. The van der Waals surface area contributed by atoms with Crippen LogP contribution in [0.5, 0.6) is 0 Å². The Morgan fingerprint density at radius 2 is 2.12 bits per heavy atom. The van der Waals surface area contributed by atoms with Gasteiger partial charge in [-0.15, -0.1) is 0 Å². The lowest BCUT2D eigenvalue weighted by Crippen LogP contribution is -2.45. The Hall–Kier alpha value is -1.37. The van der Waals surface area contributed by atoms with Crippen molar-refractivity contribution in [2.45, 2.75) is 25.6 Å². The van der Waals surface area contributed by atoms with Crippen LogP contribution in [0.15, 0.2) is 24.3 Å². The Labute approximate surface area is 101 Å². The molecule has 2 aliphatic heterocycles. The first-order chi connectivity index (χ1) is 8.34. The van der Waals surface area contributed by atoms with E-state index in [1.165, 1.54) is 11.1 Å². The van der Waals surface area contributed by atoms with E-state index in [4.69, 9.17) is 9.47 Å². The van der Waals surface area contributed by atoms with Crippen molar-refractivity contribution in [1.29, 1.82) is 5.26 Å². The summed E-state index contributed by atoms with van der Waals surface area (Å²) >= 11 is 0. The minimum absolute atomic E-state index is 0.00801. The maximum Gasteiger partial charge on any atom is 0.111 e. The highest BCUT2D eigenvalue weighted by Gasteiger charge is 2.44. The molecule has 0 spiro atoms. The molecule has 0 aromatic heterocycles. The molecule has 2 aliphatic rings. The number of nitriles is 1. The predicted octanol–water partition coefficient (Wildman–Crippen LogP) is 2.06. The van der Waals surface area contributed by atoms with Gasteiger partial charge < -0.3 is 9.47 Å². The van der Waals surface area contributed by atoms with Crippen LogP contribution in [-0.2, 0) is 22.5 Å². The van der Waals surface area contributed by atoms with E-state index in [2.05, 4.69) is 18.2 Å². The van der Waals surface area contributed by atoms with Crippen LogP contribution in [0.1, 0.15) is 17.5 Å². The smallest absolute Gasteiger partial charge is 0.111 e. The van der Waals surface area contributed by atoms with Gasteiger partial charge in [0.2, 0.25) is 0 Å². The molecule has 0 unspecified atom stereocenters. The minimum Gasteiger partial charge on any atom is -0.380 e. The lowest BCUT2D eigenvalue weighted by molar-refractivity contribution is -0.105. The van der Waals surface area contributed by atoms with Crippen LogP contribution in [0, 0.1) is 16.7 Å². The number of hydrogen-bond acceptors (Lipinski definition) is 3. The van der Waals surface area contributed by atoms with Crippen molar-refractivity contribution in [3.63, 3.8) is 0 Å². The van der Waals surface area contributed by atoms with Gasteiger partial charge >= 0.3 is 0 Å². The van der Waals surface area contributed by atoms with Gasteiger partial charge in [0.05, 0.1) is 25.4 Å². The van der Waals surface area contributed by atoms with Crippen molar-refractivity contribution in [3.05, 3.63) is 35.4 Å². The monoisotopic (exact) mass is 229 g/mol. The summed E-state index contributed by atoms with van der Waals surface area (Å²) in [7, 11) is 0. The van der Waals surface area contributed by atoms with E-state index in [-0.39, 0.29) is 6.10 Å². The number of fused-ring (bicyclic) bond motifs is 2. The fourth-order valence-electron chi connectivity index (χ4n) is 2.77. The van der Waals surface area contributed by atoms with E-state index in [0.717, 1.165) is 12.8 Å². The third-order valence-corrected chi connectivity index (χ3v) is 3.79. The predicted molar refractivity (Wildman–Crippen MR) is 62.2 cm³/mol. The van der Waals surface area contributed by atoms with Gasteiger partial charge in [-0.25, -0.2) is 0 Å². The molecule has 0 radical (unpaired) electrons. The summed E-state index contributed by atoms with van der Waals surface area (Å²) in [5.74, 6) is 0. The summed E-state index contributed by atoms with van der Waals surface area (Å²) in [5, 5.41) is 9.52. The van der Waals surface area contributed by atoms with E-state index in [0.29, 0.717) is 19.8 Å². The second kappa shape index (κ2) is 4.14. The Balaban J connectivity index is 2.01. The lowest BCUT2D eigenvalue weighted by atomic mass is 9.76. The molecule has 0 N–H and O–H groups in total. The van der Waals surface area contributed by atoms with Crippen LogP contribution in [0.4, 0.5) is 0 Å². The fraction of sp³-hybridized carbons (Fsp3) is 0.500. The average molecular weight is 229 g/mol. The Morgan fingerprint density at radius 1 is 1.29 bits per heavy atom. The summed E-state index contributed by atoms with van der Waals surface area (Å²) in [6.07, 6.45) is 1.57. The Bertz CT molecular complexity index is 466. The molecule has 3 nitrogen and oxygen atoms in total. The Kier molecular flexibility index (Phi) is 2.62. The highest BCUT2D eigenvalue weighted by molar-refractivity contribution is 5.31. The van der Waals surface area contributed by atoms with Crippen LogP contribution >= 0.6 is 0 Å². The van der Waals surface area contributed by atoms with Gasteiger partial charge in [-0.1, -0.05) is 24.3 Å². The van der Waals surface area contributed by atoms with Crippen molar-refractivity contribution in [2.24, 2.45) is 5.41 Å². The van der Waals surface area contributed by atoms with Crippen LogP contribution in [0.25, 0.3) is 0 Å². The van der Waals surface area contributed by atoms with E-state index in [9.17, 15) is 5.26 Å². The van der Waals surface area contributed by atoms with Gasteiger partial charge in [-0.3, -0.25) is 0 Å². The van der Waals surface area contributed by atoms with E-state index in [1.54, 1.807) is 0 Å². The van der Waals surface area contributed by atoms with Crippen molar-refractivity contribution < 1.29 is 9.47 Å². The summed E-state index contributed by atoms with van der Waals surface area (Å²) in [4.78, 5) is 0. The third-order valence-electron chi connectivity index (χ3n) is 3.79. The molecule has 1 aromatic carbocycles. The topological polar surface area (TPSA) is 42.2 Å². The van der Waals surface area contributed by atoms with Crippen molar-refractivity contribution in [2.75, 3.05) is 13.2 Å². The number of hydrogen-bond donors (Lipinski definition) is 0. The third kappa shape index (κ3) is 1.74.